The second kappa shape index (κ2) is 2.55. The highest BCUT2D eigenvalue weighted by Gasteiger charge is 2.40. The Hall–Kier alpha value is -1.01. The fourth-order valence-corrected chi connectivity index (χ4v) is 1.30. The molecule has 0 aromatic carbocycles. The van der Waals surface area contributed by atoms with Gasteiger partial charge in [-0.15, -0.1) is 12.3 Å². The first kappa shape index (κ1) is 8.09. The molecule has 1 fully saturated rings. The molecule has 0 bridgehead atoms. The summed E-state index contributed by atoms with van der Waals surface area (Å²) in [6.45, 7) is 0.719. The van der Waals surface area contributed by atoms with Gasteiger partial charge in [0.25, 0.3) is 0 Å². The first-order valence-electron chi connectivity index (χ1n) is 3.58. The second-order valence-corrected chi connectivity index (χ2v) is 3.01. The first-order valence-corrected chi connectivity index (χ1v) is 3.58. The Morgan fingerprint density at radius 2 is 2.55 bits per heavy atom. The summed E-state index contributed by atoms with van der Waals surface area (Å²) in [5.74, 6) is 2.40. The van der Waals surface area contributed by atoms with Crippen LogP contribution in [0.3, 0.4) is 0 Å². The molecular formula is C8H12N2O. The molecule has 0 unspecified atom stereocenters. The molecule has 60 valence electrons. The van der Waals surface area contributed by atoms with Crippen molar-refractivity contribution in [3.63, 3.8) is 0 Å². The fourth-order valence-electron chi connectivity index (χ4n) is 1.30. The van der Waals surface area contributed by atoms with Crippen LogP contribution in [0.15, 0.2) is 0 Å². The Balaban J connectivity index is 2.75. The van der Waals surface area contributed by atoms with Crippen LogP contribution in [-0.4, -0.2) is 29.9 Å². The highest BCUT2D eigenvalue weighted by atomic mass is 16.2. The van der Waals surface area contributed by atoms with E-state index in [0.29, 0.717) is 12.8 Å². The van der Waals surface area contributed by atoms with Gasteiger partial charge in [0.05, 0.1) is 0 Å². The summed E-state index contributed by atoms with van der Waals surface area (Å²) in [6, 6.07) is 0. The molecule has 0 aliphatic carbocycles. The SMILES string of the molecule is C#CC[C@]1(N)CCN(C)C1=O. The number of nitrogens with zero attached hydrogens (tertiary/aromatic N) is 1. The molecule has 1 aliphatic heterocycles. The van der Waals surface area contributed by atoms with E-state index in [1.54, 1.807) is 11.9 Å². The molecule has 3 nitrogen and oxygen atoms in total. The van der Waals surface area contributed by atoms with Crippen molar-refractivity contribution in [2.75, 3.05) is 13.6 Å². The number of rotatable bonds is 1. The van der Waals surface area contributed by atoms with E-state index in [1.165, 1.54) is 0 Å². The smallest absolute Gasteiger partial charge is 0.243 e. The quantitative estimate of drug-likeness (QED) is 0.518. The number of likely N-dealkylation sites (tertiary alicyclic amines) is 1. The zero-order valence-electron chi connectivity index (χ0n) is 6.63. The van der Waals surface area contributed by atoms with Crippen LogP contribution >= 0.6 is 0 Å². The molecule has 0 saturated carbocycles. The largest absolute Gasteiger partial charge is 0.344 e. The molecule has 1 saturated heterocycles. The summed E-state index contributed by atoms with van der Waals surface area (Å²) >= 11 is 0. The van der Waals surface area contributed by atoms with E-state index < -0.39 is 5.54 Å². The summed E-state index contributed by atoms with van der Waals surface area (Å²) in [5, 5.41) is 0. The Morgan fingerprint density at radius 1 is 1.91 bits per heavy atom. The molecule has 3 heteroatoms. The number of carbonyl (C=O) groups excluding carboxylic acids is 1. The zero-order chi connectivity index (χ0) is 8.48. The molecule has 1 aliphatic rings. The van der Waals surface area contributed by atoms with Crippen molar-refractivity contribution in [3.05, 3.63) is 0 Å². The zero-order valence-corrected chi connectivity index (χ0v) is 6.63. The van der Waals surface area contributed by atoms with Gasteiger partial charge < -0.3 is 10.6 Å². The molecule has 2 N–H and O–H groups in total. The van der Waals surface area contributed by atoms with E-state index in [9.17, 15) is 4.79 Å². The van der Waals surface area contributed by atoms with E-state index in [0.717, 1.165) is 6.54 Å². The number of carbonyl (C=O) groups is 1. The van der Waals surface area contributed by atoms with E-state index in [4.69, 9.17) is 12.2 Å². The lowest BCUT2D eigenvalue weighted by Crippen LogP contribution is -2.46. The number of nitrogens with two attached hydrogens (primary N) is 1. The maximum absolute atomic E-state index is 11.3. The third-order valence-electron chi connectivity index (χ3n) is 2.08. The minimum Gasteiger partial charge on any atom is -0.344 e. The second-order valence-electron chi connectivity index (χ2n) is 3.01. The van der Waals surface area contributed by atoms with Gasteiger partial charge in [0.15, 0.2) is 0 Å². The number of hydrogen-bond acceptors (Lipinski definition) is 2. The Kier molecular flexibility index (Phi) is 1.88. The van der Waals surface area contributed by atoms with Crippen molar-refractivity contribution in [1.82, 2.24) is 4.90 Å². The van der Waals surface area contributed by atoms with Crippen molar-refractivity contribution in [2.45, 2.75) is 18.4 Å². The molecular weight excluding hydrogens is 140 g/mol. The number of terminal acetylenes is 1. The standard InChI is InChI=1S/C8H12N2O/c1-3-4-8(9)5-6-10(2)7(8)11/h1H,4-6,9H2,2H3/t8-/m0/s1. The lowest BCUT2D eigenvalue weighted by atomic mass is 9.95. The van der Waals surface area contributed by atoms with Crippen LogP contribution in [0.4, 0.5) is 0 Å². The number of likely N-dealkylation sites (N-methyl/N-ethyl adjacent to an activating group) is 1. The minimum atomic E-state index is -0.774. The lowest BCUT2D eigenvalue weighted by molar-refractivity contribution is -0.130. The van der Waals surface area contributed by atoms with Gasteiger partial charge in [0.2, 0.25) is 5.91 Å². The van der Waals surface area contributed by atoms with Crippen molar-refractivity contribution in [2.24, 2.45) is 5.73 Å². The molecule has 0 aromatic rings. The van der Waals surface area contributed by atoms with Crippen LogP contribution in [0.25, 0.3) is 0 Å². The van der Waals surface area contributed by atoms with Gasteiger partial charge in [0, 0.05) is 20.0 Å². The maximum Gasteiger partial charge on any atom is 0.243 e. The Morgan fingerprint density at radius 3 is 2.91 bits per heavy atom. The predicted octanol–water partition coefficient (Wildman–Crippen LogP) is -0.431. The molecule has 1 rings (SSSR count). The van der Waals surface area contributed by atoms with Crippen LogP contribution in [0.5, 0.6) is 0 Å². The molecule has 1 heterocycles. The van der Waals surface area contributed by atoms with Gasteiger partial charge in [-0.25, -0.2) is 0 Å². The van der Waals surface area contributed by atoms with Gasteiger partial charge in [0.1, 0.15) is 5.54 Å². The van der Waals surface area contributed by atoms with Gasteiger partial charge >= 0.3 is 0 Å². The van der Waals surface area contributed by atoms with Gasteiger partial charge in [-0.2, -0.15) is 0 Å². The highest BCUT2D eigenvalue weighted by molar-refractivity contribution is 5.88. The number of hydrogen-bond donors (Lipinski definition) is 1. The third kappa shape index (κ3) is 1.22. The van der Waals surface area contributed by atoms with Crippen LogP contribution in [0.1, 0.15) is 12.8 Å². The third-order valence-corrected chi connectivity index (χ3v) is 2.08. The van der Waals surface area contributed by atoms with Crippen LogP contribution in [0, 0.1) is 12.3 Å². The van der Waals surface area contributed by atoms with Crippen LogP contribution in [-0.2, 0) is 4.79 Å². The molecule has 11 heavy (non-hydrogen) atoms. The van der Waals surface area contributed by atoms with Crippen molar-refractivity contribution < 1.29 is 4.79 Å². The minimum absolute atomic E-state index is 0.0320. The van der Waals surface area contributed by atoms with Gasteiger partial charge in [-0.05, 0) is 6.42 Å². The molecule has 1 amide bonds. The molecule has 1 atom stereocenters. The summed E-state index contributed by atoms with van der Waals surface area (Å²) < 4.78 is 0. The topological polar surface area (TPSA) is 46.3 Å². The molecule has 0 aromatic heterocycles. The Bertz CT molecular complexity index is 219. The van der Waals surface area contributed by atoms with Crippen molar-refractivity contribution in [1.29, 1.82) is 0 Å². The van der Waals surface area contributed by atoms with Gasteiger partial charge in [-0.1, -0.05) is 0 Å². The van der Waals surface area contributed by atoms with Crippen molar-refractivity contribution in [3.8, 4) is 12.3 Å². The molecule has 0 radical (unpaired) electrons. The fraction of sp³-hybridized carbons (Fsp3) is 0.625. The average Bonchev–Trinajstić information content (AvgIpc) is 2.19. The van der Waals surface area contributed by atoms with Crippen molar-refractivity contribution >= 4 is 5.91 Å². The maximum atomic E-state index is 11.3. The monoisotopic (exact) mass is 152 g/mol. The van der Waals surface area contributed by atoms with E-state index in [-0.39, 0.29) is 5.91 Å². The predicted molar refractivity (Wildman–Crippen MR) is 42.6 cm³/mol. The van der Waals surface area contributed by atoms with Crippen LogP contribution in [0.2, 0.25) is 0 Å². The summed E-state index contributed by atoms with van der Waals surface area (Å²) in [4.78, 5) is 12.9. The van der Waals surface area contributed by atoms with Crippen LogP contribution < -0.4 is 5.73 Å². The lowest BCUT2D eigenvalue weighted by Gasteiger charge is -2.18. The van der Waals surface area contributed by atoms with E-state index >= 15 is 0 Å². The van der Waals surface area contributed by atoms with E-state index in [1.807, 2.05) is 0 Å². The average molecular weight is 152 g/mol. The Labute approximate surface area is 66.5 Å². The normalized spacial score (nSPS) is 30.6. The molecule has 0 spiro atoms. The summed E-state index contributed by atoms with van der Waals surface area (Å²) in [7, 11) is 1.74. The number of amides is 1. The summed E-state index contributed by atoms with van der Waals surface area (Å²) in [5.41, 5.74) is 5.00. The summed E-state index contributed by atoms with van der Waals surface area (Å²) in [6.07, 6.45) is 6.12. The highest BCUT2D eigenvalue weighted by Crippen LogP contribution is 2.21. The first-order chi connectivity index (χ1) is 5.10. The van der Waals surface area contributed by atoms with Gasteiger partial charge in [-0.3, -0.25) is 4.79 Å². The van der Waals surface area contributed by atoms with E-state index in [2.05, 4.69) is 5.92 Å².